The molecule has 0 aliphatic carbocycles. The Morgan fingerprint density at radius 2 is 1.75 bits per heavy atom. The molecule has 0 saturated carbocycles. The molecule has 16 heavy (non-hydrogen) atoms. The number of aldehydes is 1. The predicted molar refractivity (Wildman–Crippen MR) is 63.5 cm³/mol. The lowest BCUT2D eigenvalue weighted by molar-refractivity contribution is -0.141. The van der Waals surface area contributed by atoms with Crippen LogP contribution in [0.3, 0.4) is 0 Å². The minimum absolute atomic E-state index is 0.130. The molecule has 1 aromatic carbocycles. The van der Waals surface area contributed by atoms with Gasteiger partial charge in [-0.05, 0) is 12.8 Å². The van der Waals surface area contributed by atoms with E-state index in [1.807, 2.05) is 32.0 Å². The van der Waals surface area contributed by atoms with E-state index in [0.29, 0.717) is 0 Å². The van der Waals surface area contributed by atoms with Crippen molar-refractivity contribution in [1.29, 1.82) is 0 Å². The maximum atomic E-state index is 10.2. The van der Waals surface area contributed by atoms with Crippen LogP contribution in [-0.4, -0.2) is 17.4 Å². The molecule has 0 bridgehead atoms. The van der Waals surface area contributed by atoms with Crippen LogP contribution in [0.25, 0.3) is 0 Å². The normalized spacial score (nSPS) is 9.19. The second-order valence-corrected chi connectivity index (χ2v) is 3.38. The van der Waals surface area contributed by atoms with Gasteiger partial charge in [0.2, 0.25) is 0 Å². The average Bonchev–Trinajstić information content (AvgIpc) is 2.32. The summed E-state index contributed by atoms with van der Waals surface area (Å²) in [5, 5.41) is 8.37. The van der Waals surface area contributed by atoms with Crippen molar-refractivity contribution >= 4 is 12.3 Å². The molecule has 0 aliphatic rings. The first-order chi connectivity index (χ1) is 7.65. The van der Waals surface area contributed by atoms with E-state index in [2.05, 4.69) is 0 Å². The van der Waals surface area contributed by atoms with E-state index in [1.54, 1.807) is 12.1 Å². The van der Waals surface area contributed by atoms with Crippen LogP contribution in [0.5, 0.6) is 0 Å². The van der Waals surface area contributed by atoms with Gasteiger partial charge in [0.05, 0.1) is 5.92 Å². The monoisotopic (exact) mass is 222 g/mol. The fourth-order valence-electron chi connectivity index (χ4n) is 1.17. The van der Waals surface area contributed by atoms with Crippen molar-refractivity contribution in [2.45, 2.75) is 26.7 Å². The highest BCUT2D eigenvalue weighted by Gasteiger charge is 2.10. The van der Waals surface area contributed by atoms with E-state index < -0.39 is 5.97 Å². The van der Waals surface area contributed by atoms with Gasteiger partial charge >= 0.3 is 5.97 Å². The first-order valence-electron chi connectivity index (χ1n) is 5.38. The molecule has 0 saturated heterocycles. The van der Waals surface area contributed by atoms with Gasteiger partial charge in [0.1, 0.15) is 6.29 Å². The van der Waals surface area contributed by atoms with Crippen LogP contribution in [0, 0.1) is 5.92 Å². The molecule has 0 atom stereocenters. The highest BCUT2D eigenvalue weighted by Crippen LogP contribution is 2.05. The first-order valence-corrected chi connectivity index (χ1v) is 5.38. The lowest BCUT2D eigenvalue weighted by Crippen LogP contribution is -2.10. The van der Waals surface area contributed by atoms with Gasteiger partial charge in [-0.3, -0.25) is 9.59 Å². The van der Waals surface area contributed by atoms with Gasteiger partial charge in [-0.2, -0.15) is 0 Å². The van der Waals surface area contributed by atoms with Crippen LogP contribution in [0.15, 0.2) is 30.3 Å². The molecular weight excluding hydrogens is 204 g/mol. The minimum Gasteiger partial charge on any atom is -0.481 e. The zero-order valence-electron chi connectivity index (χ0n) is 9.72. The molecular formula is C13H18O3. The number of carboxylic acid groups (broad SMARTS) is 1. The van der Waals surface area contributed by atoms with Crippen molar-refractivity contribution < 1.29 is 14.7 Å². The SMILES string of the molecule is CCC(CC)C(=O)O.O=Cc1ccccc1. The van der Waals surface area contributed by atoms with Crippen molar-refractivity contribution in [3.05, 3.63) is 35.9 Å². The highest BCUT2D eigenvalue weighted by molar-refractivity contribution is 5.74. The first kappa shape index (κ1) is 14.4. The van der Waals surface area contributed by atoms with Gasteiger partial charge < -0.3 is 5.11 Å². The lowest BCUT2D eigenvalue weighted by atomic mass is 10.1. The van der Waals surface area contributed by atoms with Crippen molar-refractivity contribution in [1.82, 2.24) is 0 Å². The van der Waals surface area contributed by atoms with Crippen LogP contribution in [0.1, 0.15) is 37.0 Å². The quantitative estimate of drug-likeness (QED) is 0.797. The summed E-state index contributed by atoms with van der Waals surface area (Å²) >= 11 is 0. The number of carbonyl (C=O) groups excluding carboxylic acids is 1. The summed E-state index contributed by atoms with van der Waals surface area (Å²) in [6.07, 6.45) is 2.32. The van der Waals surface area contributed by atoms with E-state index in [0.717, 1.165) is 24.7 Å². The van der Waals surface area contributed by atoms with Crippen LogP contribution >= 0.6 is 0 Å². The second kappa shape index (κ2) is 8.65. The van der Waals surface area contributed by atoms with Crippen molar-refractivity contribution in [3.63, 3.8) is 0 Å². The molecule has 3 heteroatoms. The number of hydrogen-bond donors (Lipinski definition) is 1. The van der Waals surface area contributed by atoms with Gasteiger partial charge in [-0.1, -0.05) is 44.2 Å². The molecule has 1 rings (SSSR count). The Morgan fingerprint density at radius 1 is 1.25 bits per heavy atom. The van der Waals surface area contributed by atoms with Gasteiger partial charge in [-0.25, -0.2) is 0 Å². The summed E-state index contributed by atoms with van der Waals surface area (Å²) in [5.74, 6) is -0.801. The maximum absolute atomic E-state index is 10.2. The molecule has 0 unspecified atom stereocenters. The number of carboxylic acids is 1. The molecule has 0 aromatic heterocycles. The standard InChI is InChI=1S/C7H6O.C6H12O2/c8-6-7-4-2-1-3-5-7;1-3-5(4-2)6(7)8/h1-6H;5H,3-4H2,1-2H3,(H,7,8). The molecule has 1 aromatic rings. The molecule has 0 heterocycles. The Bertz CT molecular complexity index is 302. The molecule has 0 radical (unpaired) electrons. The van der Waals surface area contributed by atoms with Crippen LogP contribution in [0.2, 0.25) is 0 Å². The number of hydrogen-bond acceptors (Lipinski definition) is 2. The molecule has 3 nitrogen and oxygen atoms in total. The number of rotatable bonds is 4. The number of benzene rings is 1. The highest BCUT2D eigenvalue weighted by atomic mass is 16.4. The van der Waals surface area contributed by atoms with Crippen molar-refractivity contribution in [2.24, 2.45) is 5.92 Å². The second-order valence-electron chi connectivity index (χ2n) is 3.38. The smallest absolute Gasteiger partial charge is 0.306 e. The Hall–Kier alpha value is -1.64. The third-order valence-corrected chi connectivity index (χ3v) is 2.27. The summed E-state index contributed by atoms with van der Waals surface area (Å²) in [5.41, 5.74) is 0.729. The molecule has 0 spiro atoms. The topological polar surface area (TPSA) is 54.4 Å². The molecule has 0 amide bonds. The predicted octanol–water partition coefficient (Wildman–Crippen LogP) is 3.01. The summed E-state index contributed by atoms with van der Waals surface area (Å²) < 4.78 is 0. The third kappa shape index (κ3) is 5.96. The van der Waals surface area contributed by atoms with Gasteiger partial charge in [0, 0.05) is 5.56 Å². The van der Waals surface area contributed by atoms with Gasteiger partial charge in [0.15, 0.2) is 0 Å². The molecule has 88 valence electrons. The zero-order valence-corrected chi connectivity index (χ0v) is 9.72. The zero-order chi connectivity index (χ0) is 12.4. The Morgan fingerprint density at radius 3 is 1.94 bits per heavy atom. The van der Waals surface area contributed by atoms with E-state index in [1.165, 1.54) is 0 Å². The van der Waals surface area contributed by atoms with Crippen molar-refractivity contribution in [2.75, 3.05) is 0 Å². The fourth-order valence-corrected chi connectivity index (χ4v) is 1.17. The molecule has 1 N–H and O–H groups in total. The lowest BCUT2D eigenvalue weighted by Gasteiger charge is -2.02. The van der Waals surface area contributed by atoms with Crippen LogP contribution in [-0.2, 0) is 4.79 Å². The number of carbonyl (C=O) groups is 2. The summed E-state index contributed by atoms with van der Waals surface area (Å²) in [4.78, 5) is 20.2. The van der Waals surface area contributed by atoms with E-state index in [4.69, 9.17) is 5.11 Å². The average molecular weight is 222 g/mol. The molecule has 0 aliphatic heterocycles. The van der Waals surface area contributed by atoms with Gasteiger partial charge in [-0.15, -0.1) is 0 Å². The van der Waals surface area contributed by atoms with Gasteiger partial charge in [0.25, 0.3) is 0 Å². The van der Waals surface area contributed by atoms with Crippen LogP contribution < -0.4 is 0 Å². The Labute approximate surface area is 96.1 Å². The summed E-state index contributed by atoms with van der Waals surface area (Å²) in [7, 11) is 0. The largest absolute Gasteiger partial charge is 0.481 e. The van der Waals surface area contributed by atoms with E-state index >= 15 is 0 Å². The fraction of sp³-hybridized carbons (Fsp3) is 0.385. The van der Waals surface area contributed by atoms with E-state index in [-0.39, 0.29) is 5.92 Å². The Kier molecular flexibility index (Phi) is 7.76. The van der Waals surface area contributed by atoms with Crippen LogP contribution in [0.4, 0.5) is 0 Å². The van der Waals surface area contributed by atoms with E-state index in [9.17, 15) is 9.59 Å². The third-order valence-electron chi connectivity index (χ3n) is 2.27. The molecule has 0 fully saturated rings. The summed E-state index contributed by atoms with van der Waals surface area (Å²) in [6, 6.07) is 9.10. The number of aliphatic carboxylic acids is 1. The summed E-state index contributed by atoms with van der Waals surface area (Å²) in [6.45, 7) is 3.78. The minimum atomic E-state index is -0.671. The van der Waals surface area contributed by atoms with Crippen molar-refractivity contribution in [3.8, 4) is 0 Å². The Balaban J connectivity index is 0.000000281. The maximum Gasteiger partial charge on any atom is 0.306 e.